The molecule has 3 aliphatic carbocycles. The zero-order valence-electron chi connectivity index (χ0n) is 23.9. The van der Waals surface area contributed by atoms with Crippen LogP contribution in [-0.4, -0.2) is 60.6 Å². The van der Waals surface area contributed by atoms with Gasteiger partial charge in [-0.2, -0.15) is 22.6 Å². The lowest BCUT2D eigenvalue weighted by Crippen LogP contribution is -2.51. The second-order valence-electron chi connectivity index (χ2n) is 11.8. The van der Waals surface area contributed by atoms with Crippen molar-refractivity contribution in [3.63, 3.8) is 0 Å². The molecule has 16 heteroatoms. The second kappa shape index (κ2) is 10.7. The number of aromatic nitrogens is 6. The maximum Gasteiger partial charge on any atom is 0.427 e. The van der Waals surface area contributed by atoms with Crippen molar-refractivity contribution in [1.82, 2.24) is 33.8 Å². The summed E-state index contributed by atoms with van der Waals surface area (Å²) in [4.78, 5) is 21.3. The number of carbonyl (C=O) groups is 1. The first-order chi connectivity index (χ1) is 21.3. The zero-order valence-corrected chi connectivity index (χ0v) is 25.5. The van der Waals surface area contributed by atoms with E-state index < -0.39 is 44.1 Å². The Balaban J connectivity index is 1.32. The minimum atomic E-state index is -4.66. The molecule has 3 aliphatic rings. The average molecular weight is 662 g/mol. The van der Waals surface area contributed by atoms with Crippen LogP contribution in [0, 0.1) is 17.2 Å². The van der Waals surface area contributed by atoms with E-state index in [0.29, 0.717) is 41.6 Å². The Kier molecular flexibility index (Phi) is 7.09. The summed E-state index contributed by atoms with van der Waals surface area (Å²) in [7, 11) is -2.58. The molecule has 0 spiro atoms. The van der Waals surface area contributed by atoms with Gasteiger partial charge in [0.25, 0.3) is 15.2 Å². The Labute approximate surface area is 259 Å². The van der Waals surface area contributed by atoms with Crippen LogP contribution in [-0.2, 0) is 29.7 Å². The van der Waals surface area contributed by atoms with Crippen LogP contribution in [0.15, 0.2) is 53.7 Å². The number of halogens is 4. The monoisotopic (exact) mass is 661 g/mol. The third kappa shape index (κ3) is 5.31. The molecule has 0 amide bonds. The lowest BCUT2D eigenvalue weighted by Gasteiger charge is -2.46. The van der Waals surface area contributed by atoms with Crippen molar-refractivity contribution in [2.24, 2.45) is 18.4 Å². The first-order valence-electron chi connectivity index (χ1n) is 14.3. The number of rotatable bonds is 8. The molecule has 2 atom stereocenters. The van der Waals surface area contributed by atoms with Gasteiger partial charge in [0.15, 0.2) is 5.01 Å². The number of allylic oxidation sites excluding steroid dienone is 1. The van der Waals surface area contributed by atoms with Gasteiger partial charge in [0, 0.05) is 19.6 Å². The number of benzene rings is 1. The van der Waals surface area contributed by atoms with Crippen LogP contribution in [0.4, 0.5) is 17.6 Å². The molecular weight excluding hydrogens is 634 g/mol. The number of alkyl halides is 3. The fourth-order valence-corrected chi connectivity index (χ4v) is 8.80. The molecule has 236 valence electrons. The number of nitrogens with zero attached hydrogens (tertiary/aromatic N) is 7. The number of ketones is 1. The summed E-state index contributed by atoms with van der Waals surface area (Å²) in [6.07, 6.45) is 3.27. The molecule has 2 saturated carbocycles. The highest BCUT2D eigenvalue weighted by Gasteiger charge is 2.53. The van der Waals surface area contributed by atoms with E-state index >= 15 is 0 Å². The Morgan fingerprint density at radius 3 is 2.53 bits per heavy atom. The summed E-state index contributed by atoms with van der Waals surface area (Å²) in [6, 6.07) is 5.13. The maximum atomic E-state index is 14.4. The molecule has 10 nitrogen and oxygen atoms in total. The second-order valence-corrected chi connectivity index (χ2v) is 14.7. The number of carbonyl (C=O) groups excluding carboxylic acids is 1. The first-order valence-corrected chi connectivity index (χ1v) is 16.6. The number of hydrogen-bond acceptors (Lipinski definition) is 8. The number of thiazole rings is 1. The number of Topliss-reactive ketones (excluding diaryl/α,β-unsaturated/α-hetero) is 1. The van der Waals surface area contributed by atoms with E-state index in [1.165, 1.54) is 27.4 Å². The molecule has 7 rings (SSSR count). The zero-order chi connectivity index (χ0) is 31.7. The summed E-state index contributed by atoms with van der Waals surface area (Å²) in [6.45, 7) is 0.234. The van der Waals surface area contributed by atoms with E-state index in [0.717, 1.165) is 12.8 Å². The van der Waals surface area contributed by atoms with Gasteiger partial charge in [0.05, 0.1) is 29.2 Å². The van der Waals surface area contributed by atoms with Gasteiger partial charge < -0.3 is 0 Å². The molecule has 0 N–H and O–H groups in total. The topological polar surface area (TPSA) is 116 Å². The smallest absolute Gasteiger partial charge is 0.290 e. The number of sulfonamides is 1. The Morgan fingerprint density at radius 1 is 1.13 bits per heavy atom. The maximum absolute atomic E-state index is 14.4. The summed E-state index contributed by atoms with van der Waals surface area (Å²) >= 11 is 0.288. The van der Waals surface area contributed by atoms with Crippen molar-refractivity contribution >= 4 is 33.2 Å². The van der Waals surface area contributed by atoms with E-state index in [-0.39, 0.29) is 46.8 Å². The van der Waals surface area contributed by atoms with Gasteiger partial charge >= 0.3 is 6.18 Å². The molecule has 0 unspecified atom stereocenters. The fraction of sp³-hybridized carbons (Fsp3) is 0.414. The summed E-state index contributed by atoms with van der Waals surface area (Å²) in [5.74, 6) is -0.833. The van der Waals surface area contributed by atoms with Crippen molar-refractivity contribution < 1.29 is 30.8 Å². The molecule has 0 bridgehead atoms. The van der Waals surface area contributed by atoms with Gasteiger partial charge in [-0.3, -0.25) is 9.48 Å². The largest absolute Gasteiger partial charge is 0.427 e. The van der Waals surface area contributed by atoms with Crippen molar-refractivity contribution in [2.75, 3.05) is 6.54 Å². The first kappa shape index (κ1) is 29.9. The number of hydrogen-bond donors (Lipinski definition) is 0. The van der Waals surface area contributed by atoms with Crippen molar-refractivity contribution in [2.45, 2.75) is 55.9 Å². The van der Waals surface area contributed by atoms with Crippen LogP contribution in [0.2, 0.25) is 0 Å². The highest BCUT2D eigenvalue weighted by atomic mass is 32.2. The summed E-state index contributed by atoms with van der Waals surface area (Å²) in [5, 5.41) is 7.91. The van der Waals surface area contributed by atoms with E-state index in [1.807, 2.05) is 6.08 Å². The molecule has 3 heterocycles. The van der Waals surface area contributed by atoms with Gasteiger partial charge in [-0.15, -0.1) is 16.4 Å². The highest BCUT2D eigenvalue weighted by molar-refractivity contribution is 7.89. The fourth-order valence-electron chi connectivity index (χ4n) is 6.37. The molecular formula is C29H27F4N7O3S2. The molecule has 0 aliphatic heterocycles. The normalized spacial score (nSPS) is 21.8. The van der Waals surface area contributed by atoms with Crippen LogP contribution in [0.25, 0.3) is 11.8 Å². The van der Waals surface area contributed by atoms with Gasteiger partial charge in [0.2, 0.25) is 5.78 Å². The van der Waals surface area contributed by atoms with E-state index in [1.54, 1.807) is 30.1 Å². The Morgan fingerprint density at radius 2 is 1.89 bits per heavy atom. The molecule has 45 heavy (non-hydrogen) atoms. The Bertz CT molecular complexity index is 1930. The van der Waals surface area contributed by atoms with E-state index in [9.17, 15) is 30.8 Å². The van der Waals surface area contributed by atoms with E-state index in [4.69, 9.17) is 0 Å². The van der Waals surface area contributed by atoms with E-state index in [2.05, 4.69) is 20.2 Å². The van der Waals surface area contributed by atoms with Crippen molar-refractivity contribution in [3.05, 3.63) is 75.5 Å². The van der Waals surface area contributed by atoms with Crippen molar-refractivity contribution in [3.8, 4) is 5.69 Å². The minimum Gasteiger partial charge on any atom is -0.290 e. The Hall–Kier alpha value is -3.76. The molecule has 3 aromatic heterocycles. The average Bonchev–Trinajstić information content (AvgIpc) is 3.33. The van der Waals surface area contributed by atoms with Gasteiger partial charge in [-0.25, -0.2) is 27.5 Å². The van der Waals surface area contributed by atoms with Crippen LogP contribution < -0.4 is 0 Å². The molecule has 0 radical (unpaired) electrons. The van der Waals surface area contributed by atoms with Gasteiger partial charge in [-0.1, -0.05) is 5.57 Å². The predicted molar refractivity (Wildman–Crippen MR) is 154 cm³/mol. The SMILES string of the molecule is Cn1cnc(S(=O)(=O)N(CC2CC2)[C@H]2CCC3=Cc4c(cnn4-c4ccc(F)cc4)C[C@]3(C(=O)c3ncc(C(F)(F)F)s3)C2)n1. The number of aryl methyl sites for hydroxylation is 1. The predicted octanol–water partition coefficient (Wildman–Crippen LogP) is 5.08. The van der Waals surface area contributed by atoms with Crippen molar-refractivity contribution in [1.29, 1.82) is 0 Å². The van der Waals surface area contributed by atoms with Crippen LogP contribution in [0.5, 0.6) is 0 Å². The molecule has 1 aromatic carbocycles. The van der Waals surface area contributed by atoms with Gasteiger partial charge in [-0.05, 0) is 80.3 Å². The minimum absolute atomic E-state index is 0.0402. The van der Waals surface area contributed by atoms with Crippen LogP contribution in [0.1, 0.15) is 58.0 Å². The molecule has 2 fully saturated rings. The highest BCUT2D eigenvalue weighted by Crippen LogP contribution is 2.52. The quantitative estimate of drug-likeness (QED) is 0.191. The molecule has 0 saturated heterocycles. The summed E-state index contributed by atoms with van der Waals surface area (Å²) < 4.78 is 86.4. The van der Waals surface area contributed by atoms with Crippen LogP contribution >= 0.6 is 11.3 Å². The lowest BCUT2D eigenvalue weighted by molar-refractivity contribution is -0.134. The van der Waals surface area contributed by atoms with Crippen LogP contribution in [0.3, 0.4) is 0 Å². The molecule has 4 aromatic rings. The standard InChI is InChI=1S/C29H27F4N7O3S2/c1-38-16-35-27(37-38)45(42,43)39(15-17-2-3-17)22-7-4-19-10-23-18(13-36-40(23)21-8-5-20(30)6-9-21)11-28(19,12-22)25(41)26-34-14-24(44-26)29(31,32)33/h5-6,8-10,13-14,16-17,22H,2-4,7,11-12,15H2,1H3/t22-,28-/m0/s1. The van der Waals surface area contributed by atoms with Gasteiger partial charge in [0.1, 0.15) is 17.0 Å². The third-order valence-electron chi connectivity index (χ3n) is 8.78. The lowest BCUT2D eigenvalue weighted by atomic mass is 9.61. The summed E-state index contributed by atoms with van der Waals surface area (Å²) in [5.41, 5.74) is 1.24. The third-order valence-corrected chi connectivity index (χ3v) is 11.5. The number of fused-ring (bicyclic) bond motifs is 2.